The Hall–Kier alpha value is -0.930. The van der Waals surface area contributed by atoms with Gasteiger partial charge in [0.2, 0.25) is 0 Å². The number of rotatable bonds is 5. The third-order valence-corrected chi connectivity index (χ3v) is 2.35. The van der Waals surface area contributed by atoms with E-state index in [9.17, 15) is 13.2 Å². The Kier molecular flexibility index (Phi) is 5.47. The Balaban J connectivity index is 4.41. The van der Waals surface area contributed by atoms with Crippen LogP contribution in [0.4, 0.5) is 13.2 Å². The van der Waals surface area contributed by atoms with Gasteiger partial charge in [0.15, 0.2) is 0 Å². The molecule has 1 nitrogen and oxygen atoms in total. The van der Waals surface area contributed by atoms with Gasteiger partial charge in [0.05, 0.1) is 5.92 Å². The van der Waals surface area contributed by atoms with Gasteiger partial charge in [-0.25, -0.2) is 0 Å². The van der Waals surface area contributed by atoms with Gasteiger partial charge in [0.1, 0.15) is 0 Å². The Labute approximate surface area is 89.1 Å². The van der Waals surface area contributed by atoms with Crippen LogP contribution in [0.2, 0.25) is 0 Å². The van der Waals surface area contributed by atoms with Crippen LogP contribution in [0, 0.1) is 11.8 Å². The quantitative estimate of drug-likeness (QED) is 0.700. The molecule has 1 N–H and O–H groups in total. The van der Waals surface area contributed by atoms with Crippen LogP contribution in [0.5, 0.6) is 0 Å². The van der Waals surface area contributed by atoms with Gasteiger partial charge in [-0.2, -0.15) is 13.2 Å². The van der Waals surface area contributed by atoms with Gasteiger partial charge in [0.25, 0.3) is 0 Å². The Bertz CT molecular complexity index is 230. The fourth-order valence-electron chi connectivity index (χ4n) is 1.18. The Morgan fingerprint density at radius 1 is 1.47 bits per heavy atom. The zero-order chi connectivity index (χ0) is 12.1. The van der Waals surface area contributed by atoms with Crippen LogP contribution in [-0.2, 0) is 0 Å². The molecule has 0 radical (unpaired) electrons. The maximum Gasteiger partial charge on any atom is 0.391 e. The van der Waals surface area contributed by atoms with Gasteiger partial charge in [0, 0.05) is 12.7 Å². The van der Waals surface area contributed by atoms with E-state index in [4.69, 9.17) is 0 Å². The third-order valence-electron chi connectivity index (χ3n) is 2.35. The van der Waals surface area contributed by atoms with Gasteiger partial charge in [-0.1, -0.05) is 19.1 Å². The van der Waals surface area contributed by atoms with Crippen LogP contribution in [-0.4, -0.2) is 13.2 Å². The first-order valence-electron chi connectivity index (χ1n) is 4.86. The fourth-order valence-corrected chi connectivity index (χ4v) is 1.18. The first-order chi connectivity index (χ1) is 6.81. The van der Waals surface area contributed by atoms with Crippen molar-refractivity contribution < 1.29 is 13.2 Å². The first kappa shape index (κ1) is 14.1. The molecule has 88 valence electrons. The summed E-state index contributed by atoms with van der Waals surface area (Å²) in [5, 5.41) is 2.87. The summed E-state index contributed by atoms with van der Waals surface area (Å²) in [7, 11) is 1.74. The summed E-state index contributed by atoms with van der Waals surface area (Å²) < 4.78 is 36.9. The molecule has 0 amide bonds. The maximum absolute atomic E-state index is 12.3. The van der Waals surface area contributed by atoms with Gasteiger partial charge < -0.3 is 5.32 Å². The van der Waals surface area contributed by atoms with E-state index in [1.807, 2.05) is 6.92 Å². The molecular weight excluding hydrogens is 203 g/mol. The highest BCUT2D eigenvalue weighted by Crippen LogP contribution is 2.31. The second-order valence-electron chi connectivity index (χ2n) is 3.68. The summed E-state index contributed by atoms with van der Waals surface area (Å²) in [4.78, 5) is 0. The molecule has 0 bridgehead atoms. The van der Waals surface area contributed by atoms with E-state index in [0.717, 1.165) is 5.70 Å². The second kappa shape index (κ2) is 5.83. The van der Waals surface area contributed by atoms with Gasteiger partial charge in [-0.3, -0.25) is 0 Å². The van der Waals surface area contributed by atoms with E-state index < -0.39 is 12.1 Å². The van der Waals surface area contributed by atoms with Gasteiger partial charge in [-0.05, 0) is 19.3 Å². The summed E-state index contributed by atoms with van der Waals surface area (Å²) in [5.41, 5.74) is 0.856. The first-order valence-corrected chi connectivity index (χ1v) is 4.86. The van der Waals surface area contributed by atoms with E-state index in [1.54, 1.807) is 19.2 Å². The molecular formula is C11H18F3N. The van der Waals surface area contributed by atoms with Crippen LogP contribution in [0.25, 0.3) is 0 Å². The molecule has 0 saturated heterocycles. The minimum absolute atomic E-state index is 0.0476. The highest BCUT2D eigenvalue weighted by Gasteiger charge is 2.36. The average molecular weight is 221 g/mol. The average Bonchev–Trinajstić information content (AvgIpc) is 2.14. The number of allylic oxidation sites excluding steroid dienone is 3. The summed E-state index contributed by atoms with van der Waals surface area (Å²) in [6.45, 7) is 6.55. The minimum Gasteiger partial charge on any atom is -0.392 e. The van der Waals surface area contributed by atoms with Crippen molar-refractivity contribution in [2.24, 2.45) is 11.8 Å². The van der Waals surface area contributed by atoms with E-state index in [0.29, 0.717) is 0 Å². The molecule has 4 heteroatoms. The van der Waals surface area contributed by atoms with Crippen molar-refractivity contribution in [2.45, 2.75) is 26.4 Å². The summed E-state index contributed by atoms with van der Waals surface area (Å²) in [6.07, 6.45) is -0.771. The lowest BCUT2D eigenvalue weighted by Crippen LogP contribution is -2.22. The molecule has 0 aromatic heterocycles. The molecule has 0 heterocycles. The summed E-state index contributed by atoms with van der Waals surface area (Å²) in [5.74, 6) is -1.55. The molecule has 0 aliphatic carbocycles. The number of hydrogen-bond acceptors (Lipinski definition) is 1. The van der Waals surface area contributed by atoms with Crippen LogP contribution in [0.15, 0.2) is 24.4 Å². The van der Waals surface area contributed by atoms with E-state index in [1.165, 1.54) is 6.92 Å². The highest BCUT2D eigenvalue weighted by atomic mass is 19.4. The van der Waals surface area contributed by atoms with Crippen LogP contribution in [0.3, 0.4) is 0 Å². The molecule has 0 aromatic rings. The predicted molar refractivity (Wildman–Crippen MR) is 56.3 cm³/mol. The van der Waals surface area contributed by atoms with Crippen molar-refractivity contribution >= 4 is 0 Å². The van der Waals surface area contributed by atoms with Crippen molar-refractivity contribution in [2.75, 3.05) is 7.05 Å². The number of halogens is 3. The summed E-state index contributed by atoms with van der Waals surface area (Å²) in [6, 6.07) is 0. The van der Waals surface area contributed by atoms with Crippen molar-refractivity contribution in [3.05, 3.63) is 24.4 Å². The van der Waals surface area contributed by atoms with Gasteiger partial charge >= 0.3 is 6.18 Å². The lowest BCUT2D eigenvalue weighted by molar-refractivity contribution is -0.172. The molecule has 2 atom stereocenters. The van der Waals surface area contributed by atoms with E-state index in [2.05, 4.69) is 11.9 Å². The lowest BCUT2D eigenvalue weighted by atomic mass is 9.94. The molecule has 0 spiro atoms. The second-order valence-corrected chi connectivity index (χ2v) is 3.68. The molecule has 0 aliphatic heterocycles. The molecule has 0 aliphatic rings. The monoisotopic (exact) mass is 221 g/mol. The van der Waals surface area contributed by atoms with Crippen molar-refractivity contribution in [1.82, 2.24) is 5.32 Å². The number of hydrogen-bond donors (Lipinski definition) is 1. The van der Waals surface area contributed by atoms with Crippen molar-refractivity contribution in [1.29, 1.82) is 0 Å². The molecule has 0 aromatic carbocycles. The number of alkyl halides is 3. The Morgan fingerprint density at radius 2 is 2.00 bits per heavy atom. The SMILES string of the molecule is C=CC(/C=C(\C)NC)CC(C)C(F)(F)F. The number of nitrogens with one attached hydrogen (secondary N) is 1. The molecule has 2 unspecified atom stereocenters. The third kappa shape index (κ3) is 5.50. The van der Waals surface area contributed by atoms with Crippen LogP contribution < -0.4 is 5.32 Å². The van der Waals surface area contributed by atoms with E-state index >= 15 is 0 Å². The zero-order valence-electron chi connectivity index (χ0n) is 9.36. The van der Waals surface area contributed by atoms with Crippen molar-refractivity contribution in [3.8, 4) is 0 Å². The standard InChI is InChI=1S/C11H18F3N/c1-5-10(7-9(3)15-4)6-8(2)11(12,13)14/h5,7-8,10,15H,1,6H2,2-4H3/b9-7+. The minimum atomic E-state index is -4.12. The smallest absolute Gasteiger partial charge is 0.391 e. The van der Waals surface area contributed by atoms with E-state index in [-0.39, 0.29) is 12.3 Å². The zero-order valence-corrected chi connectivity index (χ0v) is 9.36. The fraction of sp³-hybridized carbons (Fsp3) is 0.636. The maximum atomic E-state index is 12.3. The molecule has 0 rings (SSSR count). The molecule has 0 saturated carbocycles. The Morgan fingerprint density at radius 3 is 2.33 bits per heavy atom. The lowest BCUT2D eigenvalue weighted by Gasteiger charge is -2.18. The van der Waals surface area contributed by atoms with Gasteiger partial charge in [-0.15, -0.1) is 6.58 Å². The molecule has 15 heavy (non-hydrogen) atoms. The largest absolute Gasteiger partial charge is 0.392 e. The van der Waals surface area contributed by atoms with Crippen molar-refractivity contribution in [3.63, 3.8) is 0 Å². The normalized spacial score (nSPS) is 17.1. The van der Waals surface area contributed by atoms with Crippen LogP contribution in [0.1, 0.15) is 20.3 Å². The topological polar surface area (TPSA) is 12.0 Å². The van der Waals surface area contributed by atoms with Crippen LogP contribution >= 0.6 is 0 Å². The predicted octanol–water partition coefficient (Wildman–Crippen LogP) is 3.50. The summed E-state index contributed by atoms with van der Waals surface area (Å²) >= 11 is 0. The highest BCUT2D eigenvalue weighted by molar-refractivity contribution is 5.04. The molecule has 0 fully saturated rings.